The number of aromatic nitrogens is 2. The molecule has 1 aromatic heterocycles. The first kappa shape index (κ1) is 16.2. The van der Waals surface area contributed by atoms with Gasteiger partial charge in [-0.15, -0.1) is 0 Å². The maximum absolute atomic E-state index is 8.58. The Hall–Kier alpha value is -2.68. The average molecular weight is 317 g/mol. The van der Waals surface area contributed by atoms with Gasteiger partial charge in [0.25, 0.3) is 0 Å². The Morgan fingerprint density at radius 1 is 0.958 bits per heavy atom. The SMILES string of the molecule is CC(C)(C)C(=N)c1nc(-c2ccccc2)cn1Cc1ccccc1. The van der Waals surface area contributed by atoms with Gasteiger partial charge in [0, 0.05) is 23.7 Å². The van der Waals surface area contributed by atoms with E-state index in [9.17, 15) is 0 Å². The van der Waals surface area contributed by atoms with Crippen LogP contribution in [-0.2, 0) is 6.54 Å². The van der Waals surface area contributed by atoms with Crippen molar-refractivity contribution in [3.05, 3.63) is 78.2 Å². The van der Waals surface area contributed by atoms with Crippen LogP contribution in [0.5, 0.6) is 0 Å². The largest absolute Gasteiger partial charge is 0.325 e. The number of nitrogens with zero attached hydrogens (tertiary/aromatic N) is 2. The fourth-order valence-corrected chi connectivity index (χ4v) is 2.60. The van der Waals surface area contributed by atoms with Crippen LogP contribution >= 0.6 is 0 Å². The highest BCUT2D eigenvalue weighted by Gasteiger charge is 2.24. The van der Waals surface area contributed by atoms with Crippen molar-refractivity contribution in [2.24, 2.45) is 5.41 Å². The monoisotopic (exact) mass is 317 g/mol. The van der Waals surface area contributed by atoms with E-state index in [0.29, 0.717) is 12.3 Å². The van der Waals surface area contributed by atoms with E-state index in [0.717, 1.165) is 17.1 Å². The van der Waals surface area contributed by atoms with E-state index >= 15 is 0 Å². The molecule has 1 N–H and O–H groups in total. The average Bonchev–Trinajstić information content (AvgIpc) is 2.98. The van der Waals surface area contributed by atoms with Gasteiger partial charge in [-0.1, -0.05) is 81.4 Å². The molecule has 0 radical (unpaired) electrons. The van der Waals surface area contributed by atoms with Crippen LogP contribution < -0.4 is 0 Å². The minimum absolute atomic E-state index is 0.242. The van der Waals surface area contributed by atoms with Crippen molar-refractivity contribution in [2.75, 3.05) is 0 Å². The predicted molar refractivity (Wildman–Crippen MR) is 99.5 cm³/mol. The molecule has 2 aromatic carbocycles. The fourth-order valence-electron chi connectivity index (χ4n) is 2.60. The lowest BCUT2D eigenvalue weighted by molar-refractivity contribution is 0.579. The number of hydrogen-bond donors (Lipinski definition) is 1. The lowest BCUT2D eigenvalue weighted by atomic mass is 9.89. The third-order valence-corrected chi connectivity index (χ3v) is 4.02. The van der Waals surface area contributed by atoms with E-state index < -0.39 is 0 Å². The van der Waals surface area contributed by atoms with Crippen LogP contribution in [-0.4, -0.2) is 15.3 Å². The van der Waals surface area contributed by atoms with Gasteiger partial charge < -0.3 is 9.98 Å². The van der Waals surface area contributed by atoms with Crippen LogP contribution in [0.4, 0.5) is 0 Å². The second-order valence-electron chi connectivity index (χ2n) is 7.05. The molecule has 3 heteroatoms. The summed E-state index contributed by atoms with van der Waals surface area (Å²) in [5.74, 6) is 0.741. The predicted octanol–water partition coefficient (Wildman–Crippen LogP) is 5.01. The summed E-state index contributed by atoms with van der Waals surface area (Å²) in [5.41, 5.74) is 3.51. The van der Waals surface area contributed by atoms with Crippen LogP contribution in [0.2, 0.25) is 0 Å². The Morgan fingerprint density at radius 2 is 1.54 bits per heavy atom. The zero-order valence-corrected chi connectivity index (χ0v) is 14.5. The topological polar surface area (TPSA) is 41.7 Å². The molecule has 0 fully saturated rings. The summed E-state index contributed by atoms with van der Waals surface area (Å²) in [6.45, 7) is 6.88. The molecule has 0 saturated heterocycles. The first-order chi connectivity index (χ1) is 11.4. The Morgan fingerprint density at radius 3 is 2.12 bits per heavy atom. The molecule has 0 bridgehead atoms. The van der Waals surface area contributed by atoms with Crippen molar-refractivity contribution in [3.63, 3.8) is 0 Å². The number of rotatable bonds is 4. The van der Waals surface area contributed by atoms with Crippen LogP contribution in [0.15, 0.2) is 66.9 Å². The maximum atomic E-state index is 8.58. The molecule has 122 valence electrons. The molecule has 3 aromatic rings. The summed E-state index contributed by atoms with van der Waals surface area (Å²) in [7, 11) is 0. The van der Waals surface area contributed by atoms with E-state index in [-0.39, 0.29) is 5.41 Å². The van der Waals surface area contributed by atoms with Crippen LogP contribution in [0.1, 0.15) is 32.2 Å². The van der Waals surface area contributed by atoms with Gasteiger partial charge in [0.15, 0.2) is 5.82 Å². The van der Waals surface area contributed by atoms with Gasteiger partial charge in [0.1, 0.15) is 0 Å². The van der Waals surface area contributed by atoms with Gasteiger partial charge in [-0.2, -0.15) is 0 Å². The Balaban J connectivity index is 2.05. The van der Waals surface area contributed by atoms with Crippen LogP contribution in [0.3, 0.4) is 0 Å². The Labute approximate surface area is 143 Å². The molecule has 3 nitrogen and oxygen atoms in total. The standard InChI is InChI=1S/C21H23N3/c1-21(2,3)19(22)20-23-18(17-12-8-5-9-13-17)15-24(20)14-16-10-6-4-7-11-16/h4-13,15,22H,14H2,1-3H3. The number of nitrogens with one attached hydrogen (secondary N) is 1. The van der Waals surface area contributed by atoms with E-state index in [2.05, 4.69) is 55.8 Å². The minimum atomic E-state index is -0.242. The highest BCUT2D eigenvalue weighted by atomic mass is 15.1. The lowest BCUT2D eigenvalue weighted by Gasteiger charge is -2.20. The normalized spacial score (nSPS) is 11.5. The highest BCUT2D eigenvalue weighted by Crippen LogP contribution is 2.25. The van der Waals surface area contributed by atoms with Gasteiger partial charge >= 0.3 is 0 Å². The second kappa shape index (κ2) is 6.44. The van der Waals surface area contributed by atoms with Gasteiger partial charge in [0.05, 0.1) is 11.4 Å². The molecule has 0 aliphatic heterocycles. The third kappa shape index (κ3) is 3.46. The van der Waals surface area contributed by atoms with Crippen molar-refractivity contribution in [1.29, 1.82) is 5.41 Å². The maximum Gasteiger partial charge on any atom is 0.155 e. The molecule has 0 amide bonds. The van der Waals surface area contributed by atoms with E-state index in [1.165, 1.54) is 5.56 Å². The summed E-state index contributed by atoms with van der Waals surface area (Å²) < 4.78 is 2.09. The summed E-state index contributed by atoms with van der Waals surface area (Å²) in [6.07, 6.45) is 2.05. The first-order valence-corrected chi connectivity index (χ1v) is 8.21. The van der Waals surface area contributed by atoms with Crippen molar-refractivity contribution in [2.45, 2.75) is 27.3 Å². The van der Waals surface area contributed by atoms with Gasteiger partial charge in [-0.05, 0) is 5.56 Å². The molecule has 0 atom stereocenters. The number of benzene rings is 2. The van der Waals surface area contributed by atoms with E-state index in [1.54, 1.807) is 0 Å². The van der Waals surface area contributed by atoms with Crippen molar-refractivity contribution in [3.8, 4) is 11.3 Å². The van der Waals surface area contributed by atoms with E-state index in [4.69, 9.17) is 10.4 Å². The number of imidazole rings is 1. The summed E-state index contributed by atoms with van der Waals surface area (Å²) in [5, 5.41) is 8.58. The third-order valence-electron chi connectivity index (χ3n) is 4.02. The molecule has 1 heterocycles. The first-order valence-electron chi connectivity index (χ1n) is 8.21. The molecule has 0 saturated carbocycles. The Bertz CT molecular complexity index is 825. The van der Waals surface area contributed by atoms with Crippen molar-refractivity contribution in [1.82, 2.24) is 9.55 Å². The quantitative estimate of drug-likeness (QED) is 0.675. The molecular weight excluding hydrogens is 294 g/mol. The molecular formula is C21H23N3. The smallest absolute Gasteiger partial charge is 0.155 e. The van der Waals surface area contributed by atoms with Crippen LogP contribution in [0.25, 0.3) is 11.3 Å². The van der Waals surface area contributed by atoms with Crippen LogP contribution in [0, 0.1) is 10.8 Å². The highest BCUT2D eigenvalue weighted by molar-refractivity contribution is 5.99. The zero-order chi connectivity index (χ0) is 17.2. The molecule has 0 spiro atoms. The van der Waals surface area contributed by atoms with Crippen molar-refractivity contribution >= 4 is 5.71 Å². The summed E-state index contributed by atoms with van der Waals surface area (Å²) >= 11 is 0. The molecule has 0 aliphatic rings. The fraction of sp³-hybridized carbons (Fsp3) is 0.238. The summed E-state index contributed by atoms with van der Waals surface area (Å²) in [4.78, 5) is 4.78. The van der Waals surface area contributed by atoms with Gasteiger partial charge in [0.2, 0.25) is 0 Å². The summed E-state index contributed by atoms with van der Waals surface area (Å²) in [6, 6.07) is 20.4. The number of hydrogen-bond acceptors (Lipinski definition) is 2. The minimum Gasteiger partial charge on any atom is -0.325 e. The van der Waals surface area contributed by atoms with Gasteiger partial charge in [-0.25, -0.2) is 4.98 Å². The molecule has 0 unspecified atom stereocenters. The van der Waals surface area contributed by atoms with Gasteiger partial charge in [-0.3, -0.25) is 0 Å². The van der Waals surface area contributed by atoms with Crippen molar-refractivity contribution < 1.29 is 0 Å². The zero-order valence-electron chi connectivity index (χ0n) is 14.5. The molecule has 3 rings (SSSR count). The second-order valence-corrected chi connectivity index (χ2v) is 7.05. The van der Waals surface area contributed by atoms with E-state index in [1.807, 2.05) is 36.4 Å². The molecule has 24 heavy (non-hydrogen) atoms. The molecule has 0 aliphatic carbocycles. The Kier molecular flexibility index (Phi) is 4.34. The lowest BCUT2D eigenvalue weighted by Crippen LogP contribution is -2.24.